The summed E-state index contributed by atoms with van der Waals surface area (Å²) >= 11 is 0. The molecule has 0 spiro atoms. The number of pyridine rings is 1. The number of carbonyl (C=O) groups is 2. The second-order valence-corrected chi connectivity index (χ2v) is 7.11. The molecule has 5 rings (SSSR count). The maximum Gasteiger partial charge on any atom is 0.290 e. The topological polar surface area (TPSA) is 109 Å². The lowest BCUT2D eigenvalue weighted by atomic mass is 10.1. The first-order valence-corrected chi connectivity index (χ1v) is 10.2. The Bertz CT molecular complexity index is 1490. The number of rotatable bonds is 4. The summed E-state index contributed by atoms with van der Waals surface area (Å²) in [5.74, 6) is -0.862. The van der Waals surface area contributed by atoms with Crippen LogP contribution < -0.4 is 5.32 Å². The van der Waals surface area contributed by atoms with Gasteiger partial charge >= 0.3 is 0 Å². The van der Waals surface area contributed by atoms with Crippen molar-refractivity contribution in [2.75, 3.05) is 5.32 Å². The highest BCUT2D eigenvalue weighted by Crippen LogP contribution is 2.33. The molecule has 174 valence electrons. The van der Waals surface area contributed by atoms with E-state index in [4.69, 9.17) is 9.90 Å². The predicted octanol–water partition coefficient (Wildman–Crippen LogP) is 4.69. The van der Waals surface area contributed by atoms with Gasteiger partial charge in [0.1, 0.15) is 23.1 Å². The van der Waals surface area contributed by atoms with Crippen LogP contribution >= 0.6 is 0 Å². The molecule has 0 aliphatic heterocycles. The molecule has 0 aliphatic rings. The van der Waals surface area contributed by atoms with Gasteiger partial charge in [0, 0.05) is 29.1 Å². The molecule has 0 saturated heterocycles. The summed E-state index contributed by atoms with van der Waals surface area (Å²) in [7, 11) is 0. The second kappa shape index (κ2) is 10.3. The van der Waals surface area contributed by atoms with Gasteiger partial charge in [0.25, 0.3) is 12.4 Å². The molecule has 2 aromatic carbocycles. The summed E-state index contributed by atoms with van der Waals surface area (Å²) in [6.07, 6.45) is 3.21. The Morgan fingerprint density at radius 2 is 1.57 bits per heavy atom. The zero-order valence-corrected chi connectivity index (χ0v) is 18.0. The Hall–Kier alpha value is -4.99. The van der Waals surface area contributed by atoms with Crippen LogP contribution in [-0.4, -0.2) is 37.1 Å². The number of anilines is 1. The molecule has 0 aliphatic carbocycles. The lowest BCUT2D eigenvalue weighted by Gasteiger charge is -2.08. The first-order valence-electron chi connectivity index (χ1n) is 10.2. The van der Waals surface area contributed by atoms with Gasteiger partial charge in [-0.05, 0) is 72.8 Å². The molecule has 0 fully saturated rings. The number of amides is 1. The van der Waals surface area contributed by atoms with Gasteiger partial charge in [-0.2, -0.15) is 5.10 Å². The highest BCUT2D eigenvalue weighted by molar-refractivity contribution is 6.04. The van der Waals surface area contributed by atoms with E-state index in [1.165, 1.54) is 36.4 Å². The van der Waals surface area contributed by atoms with Crippen LogP contribution in [0.5, 0.6) is 0 Å². The molecule has 10 heteroatoms. The highest BCUT2D eigenvalue weighted by Gasteiger charge is 2.18. The molecule has 0 radical (unpaired) electrons. The summed E-state index contributed by atoms with van der Waals surface area (Å²) in [6, 6.07) is 18.4. The van der Waals surface area contributed by atoms with E-state index in [2.05, 4.69) is 20.4 Å². The molecular weight excluding hydrogens is 456 g/mol. The summed E-state index contributed by atoms with van der Waals surface area (Å²) in [4.78, 5) is 29.8. The molecule has 0 saturated carbocycles. The molecule has 1 amide bonds. The number of aromatic nitrogens is 4. The van der Waals surface area contributed by atoms with Crippen LogP contribution in [0.1, 0.15) is 10.4 Å². The van der Waals surface area contributed by atoms with Crippen molar-refractivity contribution in [2.45, 2.75) is 0 Å². The lowest BCUT2D eigenvalue weighted by Crippen LogP contribution is -2.13. The average Bonchev–Trinajstić information content (AvgIpc) is 3.25. The van der Waals surface area contributed by atoms with E-state index in [-0.39, 0.29) is 12.3 Å². The number of imidazole rings is 1. The first kappa shape index (κ1) is 23.2. The lowest BCUT2D eigenvalue weighted by molar-refractivity contribution is -0.122. The molecule has 0 bridgehead atoms. The third-order valence-electron chi connectivity index (χ3n) is 4.89. The quantitative estimate of drug-likeness (QED) is 0.367. The number of halogens is 2. The summed E-state index contributed by atoms with van der Waals surface area (Å²) in [5.41, 5.74) is 3.65. The third kappa shape index (κ3) is 5.17. The van der Waals surface area contributed by atoms with E-state index in [0.717, 1.165) is 5.56 Å². The highest BCUT2D eigenvalue weighted by atomic mass is 19.1. The molecule has 0 unspecified atom stereocenters. The van der Waals surface area contributed by atoms with Crippen molar-refractivity contribution < 1.29 is 23.5 Å². The van der Waals surface area contributed by atoms with Gasteiger partial charge in [-0.3, -0.25) is 9.59 Å². The minimum atomic E-state index is -0.421. The van der Waals surface area contributed by atoms with E-state index in [9.17, 15) is 13.6 Å². The molecular formula is C25H17F2N5O3. The van der Waals surface area contributed by atoms with Crippen LogP contribution in [0.25, 0.3) is 28.2 Å². The number of fused-ring (bicyclic) bond motifs is 1. The molecule has 0 atom stereocenters. The van der Waals surface area contributed by atoms with Gasteiger partial charge in [-0.15, -0.1) is 0 Å². The predicted molar refractivity (Wildman–Crippen MR) is 125 cm³/mol. The number of hydrogen-bond acceptors (Lipinski definition) is 5. The third-order valence-corrected chi connectivity index (χ3v) is 4.89. The van der Waals surface area contributed by atoms with Crippen LogP contribution in [-0.2, 0) is 4.79 Å². The fraction of sp³-hybridized carbons (Fsp3) is 0. The summed E-state index contributed by atoms with van der Waals surface area (Å²) in [5, 5.41) is 14.0. The number of carboxylic acid groups (broad SMARTS) is 1. The number of carbonyl (C=O) groups excluding carboxylic acids is 1. The van der Waals surface area contributed by atoms with E-state index < -0.39 is 11.7 Å². The van der Waals surface area contributed by atoms with Gasteiger partial charge < -0.3 is 10.4 Å². The summed E-state index contributed by atoms with van der Waals surface area (Å²) in [6.45, 7) is -0.250. The Labute approximate surface area is 197 Å². The SMILES string of the molecule is O=C(Nc1cc(-c2c(-c3ccc(F)cc3)nc3cccnn23)ccn1)c1ccc(F)cc1.O=CO. The van der Waals surface area contributed by atoms with Crippen molar-refractivity contribution in [3.8, 4) is 22.5 Å². The second-order valence-electron chi connectivity index (χ2n) is 7.11. The van der Waals surface area contributed by atoms with E-state index >= 15 is 0 Å². The number of benzene rings is 2. The summed E-state index contributed by atoms with van der Waals surface area (Å²) < 4.78 is 28.3. The molecule has 8 nitrogen and oxygen atoms in total. The fourth-order valence-corrected chi connectivity index (χ4v) is 3.39. The van der Waals surface area contributed by atoms with Gasteiger partial charge in [-0.1, -0.05) is 0 Å². The van der Waals surface area contributed by atoms with Crippen molar-refractivity contribution in [3.63, 3.8) is 0 Å². The Balaban J connectivity index is 0.000000917. The van der Waals surface area contributed by atoms with Gasteiger partial charge in [0.15, 0.2) is 5.65 Å². The molecule has 5 aromatic rings. The molecule has 2 N–H and O–H groups in total. The van der Waals surface area contributed by atoms with Crippen LogP contribution in [0.2, 0.25) is 0 Å². The van der Waals surface area contributed by atoms with E-state index in [1.54, 1.807) is 47.2 Å². The van der Waals surface area contributed by atoms with E-state index in [0.29, 0.717) is 34.0 Å². The zero-order valence-electron chi connectivity index (χ0n) is 18.0. The zero-order chi connectivity index (χ0) is 24.8. The van der Waals surface area contributed by atoms with Gasteiger partial charge in [-0.25, -0.2) is 23.3 Å². The number of nitrogens with one attached hydrogen (secondary N) is 1. The maximum absolute atomic E-state index is 13.5. The molecule has 35 heavy (non-hydrogen) atoms. The largest absolute Gasteiger partial charge is 0.483 e. The Morgan fingerprint density at radius 3 is 2.26 bits per heavy atom. The van der Waals surface area contributed by atoms with E-state index in [1.807, 2.05) is 6.07 Å². The number of hydrogen-bond donors (Lipinski definition) is 2. The normalized spacial score (nSPS) is 10.3. The van der Waals surface area contributed by atoms with Crippen LogP contribution in [0, 0.1) is 11.6 Å². The molecule has 3 aromatic heterocycles. The van der Waals surface area contributed by atoms with Crippen molar-refractivity contribution in [3.05, 3.63) is 102 Å². The minimum absolute atomic E-state index is 0.250. The fourth-order valence-electron chi connectivity index (χ4n) is 3.39. The number of nitrogens with zero attached hydrogens (tertiary/aromatic N) is 4. The standard InChI is InChI=1S/C24H15F2N5O.CH2O2/c25-18-7-3-15(4-8-18)22-23(31-21(30-22)2-1-12-28-31)17-11-13-27-20(14-17)29-24(32)16-5-9-19(26)10-6-16;2-1-3/h1-14H,(H,27,29,32);1H,(H,2,3). The monoisotopic (exact) mass is 473 g/mol. The average molecular weight is 473 g/mol. The van der Waals surface area contributed by atoms with Crippen molar-refractivity contribution in [1.82, 2.24) is 19.6 Å². The maximum atomic E-state index is 13.5. The Morgan fingerprint density at radius 1 is 0.914 bits per heavy atom. The van der Waals surface area contributed by atoms with Crippen molar-refractivity contribution in [2.24, 2.45) is 0 Å². The van der Waals surface area contributed by atoms with Crippen LogP contribution in [0.15, 0.2) is 85.2 Å². The Kier molecular flexibility index (Phi) is 6.82. The van der Waals surface area contributed by atoms with Gasteiger partial charge in [0.05, 0.1) is 5.69 Å². The van der Waals surface area contributed by atoms with Crippen molar-refractivity contribution >= 4 is 23.8 Å². The van der Waals surface area contributed by atoms with Crippen LogP contribution in [0.3, 0.4) is 0 Å². The molecule has 3 heterocycles. The smallest absolute Gasteiger partial charge is 0.290 e. The minimum Gasteiger partial charge on any atom is -0.483 e. The van der Waals surface area contributed by atoms with Crippen molar-refractivity contribution in [1.29, 1.82) is 0 Å². The van der Waals surface area contributed by atoms with Gasteiger partial charge in [0.2, 0.25) is 0 Å². The first-order chi connectivity index (χ1) is 17.0. The van der Waals surface area contributed by atoms with Crippen LogP contribution in [0.4, 0.5) is 14.6 Å².